The summed E-state index contributed by atoms with van der Waals surface area (Å²) in [4.78, 5) is 28.9. The van der Waals surface area contributed by atoms with Gasteiger partial charge in [-0.1, -0.05) is 35.9 Å². The Hall–Kier alpha value is -4.06. The molecule has 3 aromatic carbocycles. The summed E-state index contributed by atoms with van der Waals surface area (Å²) in [5.74, 6) is 0.371. The Bertz CT molecular complexity index is 1320. The van der Waals surface area contributed by atoms with Crippen molar-refractivity contribution in [2.75, 3.05) is 24.4 Å². The third kappa shape index (κ3) is 4.15. The molecule has 1 heterocycles. The number of aryl methyl sites for hydroxylation is 4. The highest BCUT2D eigenvalue weighted by molar-refractivity contribution is 6.46. The van der Waals surface area contributed by atoms with Crippen molar-refractivity contribution in [3.63, 3.8) is 0 Å². The predicted molar refractivity (Wildman–Crippen MR) is 134 cm³/mol. The number of anilines is 2. The summed E-state index contributed by atoms with van der Waals surface area (Å²) in [6.45, 7) is 7.77. The lowest BCUT2D eigenvalue weighted by Gasteiger charge is -2.19. The molecule has 0 bridgehead atoms. The lowest BCUT2D eigenvalue weighted by atomic mass is 9.97. The number of ether oxygens (including phenoxy) is 2. The lowest BCUT2D eigenvalue weighted by molar-refractivity contribution is -0.120. The van der Waals surface area contributed by atoms with Gasteiger partial charge in [0.1, 0.15) is 17.2 Å². The molecule has 4 rings (SSSR count). The molecule has 0 aromatic heterocycles. The van der Waals surface area contributed by atoms with Gasteiger partial charge >= 0.3 is 0 Å². The van der Waals surface area contributed by atoms with Crippen LogP contribution in [0.25, 0.3) is 5.57 Å². The molecule has 1 aliphatic heterocycles. The average Bonchev–Trinajstić information content (AvgIpc) is 3.04. The van der Waals surface area contributed by atoms with Gasteiger partial charge in [-0.2, -0.15) is 0 Å². The van der Waals surface area contributed by atoms with Crippen LogP contribution in [-0.4, -0.2) is 26.0 Å². The van der Waals surface area contributed by atoms with Crippen LogP contribution >= 0.6 is 0 Å². The molecule has 34 heavy (non-hydrogen) atoms. The summed E-state index contributed by atoms with van der Waals surface area (Å²) >= 11 is 0. The average molecular weight is 457 g/mol. The summed E-state index contributed by atoms with van der Waals surface area (Å²) in [7, 11) is 3.12. The van der Waals surface area contributed by atoms with Gasteiger partial charge in [0, 0.05) is 23.9 Å². The Labute approximate surface area is 199 Å². The van der Waals surface area contributed by atoms with Crippen molar-refractivity contribution in [1.29, 1.82) is 0 Å². The highest BCUT2D eigenvalue weighted by Gasteiger charge is 2.41. The van der Waals surface area contributed by atoms with E-state index in [9.17, 15) is 9.59 Å². The number of carbonyl (C=O) groups excluding carboxylic acids is 2. The van der Waals surface area contributed by atoms with Gasteiger partial charge in [0.25, 0.3) is 11.8 Å². The quantitative estimate of drug-likeness (QED) is 0.508. The number of imide groups is 1. The minimum absolute atomic E-state index is 0.216. The van der Waals surface area contributed by atoms with Crippen molar-refractivity contribution in [1.82, 2.24) is 0 Å². The molecular formula is C28H28N2O4. The molecule has 0 aliphatic carbocycles. The normalized spacial score (nSPS) is 13.5. The second-order valence-corrected chi connectivity index (χ2v) is 8.53. The van der Waals surface area contributed by atoms with Crippen LogP contribution in [0, 0.1) is 27.7 Å². The number of hydrogen-bond acceptors (Lipinski definition) is 5. The van der Waals surface area contributed by atoms with E-state index in [2.05, 4.69) is 5.32 Å². The van der Waals surface area contributed by atoms with E-state index in [1.165, 1.54) is 4.90 Å². The van der Waals surface area contributed by atoms with Crippen LogP contribution in [0.4, 0.5) is 11.4 Å². The van der Waals surface area contributed by atoms with Crippen molar-refractivity contribution in [2.24, 2.45) is 0 Å². The smallest absolute Gasteiger partial charge is 0.282 e. The maximum absolute atomic E-state index is 13.8. The molecule has 0 atom stereocenters. The van der Waals surface area contributed by atoms with E-state index in [4.69, 9.17) is 9.47 Å². The van der Waals surface area contributed by atoms with E-state index in [0.717, 1.165) is 22.3 Å². The first kappa shape index (κ1) is 23.1. The molecule has 0 saturated heterocycles. The van der Waals surface area contributed by atoms with Gasteiger partial charge in [-0.15, -0.1) is 0 Å². The molecule has 0 radical (unpaired) electrons. The molecule has 0 fully saturated rings. The van der Waals surface area contributed by atoms with Gasteiger partial charge in [-0.3, -0.25) is 9.59 Å². The van der Waals surface area contributed by atoms with Crippen molar-refractivity contribution >= 4 is 28.8 Å². The number of methoxy groups -OCH3 is 2. The molecule has 2 amide bonds. The number of amides is 2. The van der Waals surface area contributed by atoms with Crippen molar-refractivity contribution in [3.05, 3.63) is 88.1 Å². The highest BCUT2D eigenvalue weighted by Crippen LogP contribution is 2.37. The largest absolute Gasteiger partial charge is 0.497 e. The predicted octanol–water partition coefficient (Wildman–Crippen LogP) is 5.33. The topological polar surface area (TPSA) is 67.9 Å². The molecule has 3 aromatic rings. The van der Waals surface area contributed by atoms with Gasteiger partial charge < -0.3 is 14.8 Å². The number of carbonyl (C=O) groups is 2. The van der Waals surface area contributed by atoms with Crippen molar-refractivity contribution in [3.8, 4) is 11.5 Å². The SMILES string of the molecule is COc1cc(NC2=C(c3ccc(C)cc3C)C(=O)N(c3cc(C)ccc3C)C2=O)cc(OC)c1. The highest BCUT2D eigenvalue weighted by atomic mass is 16.5. The Balaban J connectivity index is 1.89. The molecule has 1 N–H and O–H groups in total. The molecule has 6 heteroatoms. The first-order valence-corrected chi connectivity index (χ1v) is 11.0. The fourth-order valence-corrected chi connectivity index (χ4v) is 4.19. The van der Waals surface area contributed by atoms with Gasteiger partial charge in [-0.05, 0) is 56.0 Å². The van der Waals surface area contributed by atoms with Crippen molar-refractivity contribution in [2.45, 2.75) is 27.7 Å². The minimum Gasteiger partial charge on any atom is -0.497 e. The first-order valence-electron chi connectivity index (χ1n) is 11.0. The van der Waals surface area contributed by atoms with Gasteiger partial charge in [0.15, 0.2) is 0 Å². The number of nitrogens with one attached hydrogen (secondary N) is 1. The summed E-state index contributed by atoms with van der Waals surface area (Å²) < 4.78 is 10.7. The molecule has 174 valence electrons. The van der Waals surface area contributed by atoms with Crippen LogP contribution in [0.15, 0.2) is 60.3 Å². The zero-order chi connectivity index (χ0) is 24.6. The number of benzene rings is 3. The standard InChI is InChI=1S/C28H28N2O4/c1-16-8-10-23(19(4)11-16)25-26(29-20-13-21(33-5)15-22(14-20)34-6)28(32)30(27(25)31)24-12-17(2)7-9-18(24)3/h7-15,29H,1-6H3. The van der Waals surface area contributed by atoms with E-state index in [1.807, 2.05) is 64.1 Å². The second kappa shape index (κ2) is 9.06. The summed E-state index contributed by atoms with van der Waals surface area (Å²) in [6.07, 6.45) is 0. The maximum Gasteiger partial charge on any atom is 0.282 e. The molecule has 1 aliphatic rings. The first-order chi connectivity index (χ1) is 16.2. The number of hydrogen-bond donors (Lipinski definition) is 1. The van der Waals surface area contributed by atoms with Crippen molar-refractivity contribution < 1.29 is 19.1 Å². The molecule has 6 nitrogen and oxygen atoms in total. The zero-order valence-electron chi connectivity index (χ0n) is 20.3. The van der Waals surface area contributed by atoms with Crippen LogP contribution in [0.5, 0.6) is 11.5 Å². The van der Waals surface area contributed by atoms with Crippen LogP contribution in [0.3, 0.4) is 0 Å². The van der Waals surface area contributed by atoms with Gasteiger partial charge in [0.2, 0.25) is 0 Å². The lowest BCUT2D eigenvalue weighted by Crippen LogP contribution is -2.33. The Morgan fingerprint density at radius 2 is 1.32 bits per heavy atom. The maximum atomic E-state index is 13.8. The molecule has 0 spiro atoms. The Morgan fingerprint density at radius 3 is 1.94 bits per heavy atom. The van der Waals surface area contributed by atoms with Gasteiger partial charge in [0.05, 0.1) is 25.5 Å². The summed E-state index contributed by atoms with van der Waals surface area (Å²) in [6, 6.07) is 16.8. The zero-order valence-corrected chi connectivity index (χ0v) is 20.3. The van der Waals surface area contributed by atoms with E-state index < -0.39 is 5.91 Å². The monoisotopic (exact) mass is 456 g/mol. The molecular weight excluding hydrogens is 428 g/mol. The van der Waals surface area contributed by atoms with Gasteiger partial charge in [-0.25, -0.2) is 4.90 Å². The van der Waals surface area contributed by atoms with E-state index in [0.29, 0.717) is 34.0 Å². The van der Waals surface area contributed by atoms with E-state index in [1.54, 1.807) is 32.4 Å². The third-order valence-electron chi connectivity index (χ3n) is 5.96. The van der Waals surface area contributed by atoms with Crippen LogP contribution in [0.1, 0.15) is 27.8 Å². The van der Waals surface area contributed by atoms with Crippen LogP contribution < -0.4 is 19.7 Å². The Morgan fingerprint density at radius 1 is 0.706 bits per heavy atom. The molecule has 0 unspecified atom stereocenters. The van der Waals surface area contributed by atoms with Crippen LogP contribution in [-0.2, 0) is 9.59 Å². The minimum atomic E-state index is -0.407. The summed E-state index contributed by atoms with van der Waals surface area (Å²) in [5.41, 5.74) is 6.24. The van der Waals surface area contributed by atoms with Crippen LogP contribution in [0.2, 0.25) is 0 Å². The third-order valence-corrected chi connectivity index (χ3v) is 5.96. The fourth-order valence-electron chi connectivity index (χ4n) is 4.19. The molecule has 0 saturated carbocycles. The Kier molecular flexibility index (Phi) is 6.16. The summed E-state index contributed by atoms with van der Waals surface area (Å²) in [5, 5.41) is 3.20. The second-order valence-electron chi connectivity index (χ2n) is 8.53. The van der Waals surface area contributed by atoms with E-state index >= 15 is 0 Å². The fraction of sp³-hybridized carbons (Fsp3) is 0.214. The number of rotatable bonds is 6. The number of nitrogens with zero attached hydrogens (tertiary/aromatic N) is 1. The van der Waals surface area contributed by atoms with E-state index in [-0.39, 0.29) is 11.6 Å².